The highest BCUT2D eigenvalue weighted by Gasteiger charge is 2.19. The molecule has 0 spiro atoms. The molecule has 2 heterocycles. The molecule has 0 atom stereocenters. The van der Waals surface area contributed by atoms with E-state index in [0.29, 0.717) is 5.92 Å². The van der Waals surface area contributed by atoms with Gasteiger partial charge in [-0.3, -0.25) is 0 Å². The lowest BCUT2D eigenvalue weighted by Crippen LogP contribution is -2.08. The summed E-state index contributed by atoms with van der Waals surface area (Å²) in [7, 11) is 1.94. The molecule has 1 N–H and O–H groups in total. The number of aromatic nitrogens is 2. The Morgan fingerprint density at radius 2 is 2.13 bits per heavy atom. The van der Waals surface area contributed by atoms with Gasteiger partial charge in [-0.2, -0.15) is 11.8 Å². The van der Waals surface area contributed by atoms with Crippen LogP contribution in [0.1, 0.15) is 30.9 Å². The minimum Gasteiger partial charge on any atom is -0.373 e. The molecule has 1 aliphatic heterocycles. The fourth-order valence-electron chi connectivity index (χ4n) is 1.77. The first-order valence-electron chi connectivity index (χ1n) is 5.35. The van der Waals surface area contributed by atoms with Crippen molar-refractivity contribution in [3.8, 4) is 0 Å². The van der Waals surface area contributed by atoms with Gasteiger partial charge in [-0.1, -0.05) is 13.8 Å². The quantitative estimate of drug-likeness (QED) is 0.854. The van der Waals surface area contributed by atoms with Crippen molar-refractivity contribution in [2.24, 2.45) is 5.92 Å². The average Bonchev–Trinajstić information content (AvgIpc) is 2.63. The van der Waals surface area contributed by atoms with E-state index in [-0.39, 0.29) is 0 Å². The number of rotatable bonds is 3. The lowest BCUT2D eigenvalue weighted by atomic mass is 10.1. The Hall–Kier alpha value is -0.770. The van der Waals surface area contributed by atoms with Crippen LogP contribution in [0, 0.1) is 5.92 Å². The summed E-state index contributed by atoms with van der Waals surface area (Å²) in [5, 5.41) is 3.18. The Bertz CT molecular complexity index is 363. The van der Waals surface area contributed by atoms with Crippen LogP contribution in [0.25, 0.3) is 0 Å². The van der Waals surface area contributed by atoms with E-state index in [2.05, 4.69) is 29.1 Å². The number of anilines is 1. The van der Waals surface area contributed by atoms with E-state index in [9.17, 15) is 0 Å². The van der Waals surface area contributed by atoms with Crippen LogP contribution in [0.2, 0.25) is 0 Å². The molecule has 0 unspecified atom stereocenters. The van der Waals surface area contributed by atoms with Crippen molar-refractivity contribution in [3.05, 3.63) is 17.1 Å². The van der Waals surface area contributed by atoms with Crippen molar-refractivity contribution >= 4 is 17.6 Å². The minimum atomic E-state index is 0.613. The van der Waals surface area contributed by atoms with Gasteiger partial charge >= 0.3 is 0 Å². The van der Waals surface area contributed by atoms with Crippen LogP contribution in [-0.2, 0) is 17.9 Å². The maximum absolute atomic E-state index is 4.63. The van der Waals surface area contributed by atoms with E-state index < -0.39 is 0 Å². The van der Waals surface area contributed by atoms with Gasteiger partial charge in [0.2, 0.25) is 0 Å². The molecule has 1 aromatic rings. The molecule has 1 aromatic heterocycles. The second-order valence-electron chi connectivity index (χ2n) is 4.25. The van der Waals surface area contributed by atoms with Crippen molar-refractivity contribution in [3.63, 3.8) is 0 Å². The summed E-state index contributed by atoms with van der Waals surface area (Å²) < 4.78 is 0. The Balaban J connectivity index is 2.34. The lowest BCUT2D eigenvalue weighted by molar-refractivity contribution is 0.619. The van der Waals surface area contributed by atoms with Crippen molar-refractivity contribution in [1.82, 2.24) is 9.97 Å². The Kier molecular flexibility index (Phi) is 3.14. The fourth-order valence-corrected chi connectivity index (χ4v) is 2.81. The number of nitrogens with one attached hydrogen (secondary N) is 1. The highest BCUT2D eigenvalue weighted by Crippen LogP contribution is 2.32. The lowest BCUT2D eigenvalue weighted by Gasteiger charge is -2.10. The molecule has 0 amide bonds. The van der Waals surface area contributed by atoms with Crippen LogP contribution in [-0.4, -0.2) is 17.0 Å². The van der Waals surface area contributed by atoms with E-state index >= 15 is 0 Å². The topological polar surface area (TPSA) is 37.8 Å². The van der Waals surface area contributed by atoms with Gasteiger partial charge in [0.25, 0.3) is 0 Å². The summed E-state index contributed by atoms with van der Waals surface area (Å²) in [6, 6.07) is 0. The largest absolute Gasteiger partial charge is 0.373 e. The van der Waals surface area contributed by atoms with Gasteiger partial charge in [0.15, 0.2) is 0 Å². The van der Waals surface area contributed by atoms with Crippen LogP contribution >= 0.6 is 11.8 Å². The van der Waals surface area contributed by atoms with Gasteiger partial charge in [0.05, 0.1) is 5.69 Å². The molecule has 0 fully saturated rings. The average molecular weight is 223 g/mol. The van der Waals surface area contributed by atoms with Crippen molar-refractivity contribution in [2.45, 2.75) is 31.8 Å². The van der Waals surface area contributed by atoms with E-state index in [1.165, 1.54) is 11.3 Å². The molecular weight excluding hydrogens is 206 g/mol. The molecule has 3 nitrogen and oxygen atoms in total. The number of hydrogen-bond acceptors (Lipinski definition) is 4. The molecule has 0 aromatic carbocycles. The number of nitrogens with zero attached hydrogens (tertiary/aromatic N) is 2. The molecule has 0 radical (unpaired) electrons. The van der Waals surface area contributed by atoms with Crippen LogP contribution in [0.5, 0.6) is 0 Å². The third-order valence-corrected chi connectivity index (χ3v) is 3.42. The van der Waals surface area contributed by atoms with Crippen LogP contribution < -0.4 is 5.32 Å². The van der Waals surface area contributed by atoms with Crippen LogP contribution in [0.3, 0.4) is 0 Å². The number of hydrogen-bond donors (Lipinski definition) is 1. The summed E-state index contributed by atoms with van der Waals surface area (Å²) in [6.07, 6.45) is 0.965. The minimum absolute atomic E-state index is 0.613. The fraction of sp³-hybridized carbons (Fsp3) is 0.636. The molecule has 1 aliphatic rings. The molecular formula is C11H17N3S. The predicted molar refractivity (Wildman–Crippen MR) is 65.1 cm³/mol. The second kappa shape index (κ2) is 4.39. The Labute approximate surface area is 95.1 Å². The Morgan fingerprint density at radius 1 is 1.33 bits per heavy atom. The van der Waals surface area contributed by atoms with Gasteiger partial charge in [0.1, 0.15) is 11.6 Å². The summed E-state index contributed by atoms with van der Waals surface area (Å²) in [5.74, 6) is 4.71. The maximum Gasteiger partial charge on any atom is 0.133 e. The van der Waals surface area contributed by atoms with E-state index in [1.807, 2.05) is 18.8 Å². The molecule has 0 saturated heterocycles. The monoisotopic (exact) mass is 223 g/mol. The molecule has 0 saturated carbocycles. The number of thioether (sulfide) groups is 1. The van der Waals surface area contributed by atoms with Crippen molar-refractivity contribution in [2.75, 3.05) is 12.4 Å². The zero-order valence-electron chi connectivity index (χ0n) is 9.50. The normalized spacial score (nSPS) is 14.4. The van der Waals surface area contributed by atoms with Gasteiger partial charge in [0, 0.05) is 30.5 Å². The zero-order chi connectivity index (χ0) is 10.8. The molecule has 15 heavy (non-hydrogen) atoms. The number of fused-ring (bicyclic) bond motifs is 1. The first kappa shape index (κ1) is 10.7. The summed E-state index contributed by atoms with van der Waals surface area (Å²) in [4.78, 5) is 9.20. The molecule has 4 heteroatoms. The predicted octanol–water partition coefficient (Wildman–Crippen LogP) is 2.46. The zero-order valence-corrected chi connectivity index (χ0v) is 10.3. The van der Waals surface area contributed by atoms with Crippen molar-refractivity contribution in [1.29, 1.82) is 0 Å². The first-order chi connectivity index (χ1) is 7.20. The highest BCUT2D eigenvalue weighted by atomic mass is 32.2. The van der Waals surface area contributed by atoms with Gasteiger partial charge in [-0.05, 0) is 5.92 Å². The van der Waals surface area contributed by atoms with Gasteiger partial charge in [-0.25, -0.2) is 9.97 Å². The highest BCUT2D eigenvalue weighted by molar-refractivity contribution is 7.98. The smallest absolute Gasteiger partial charge is 0.133 e. The van der Waals surface area contributed by atoms with Crippen molar-refractivity contribution < 1.29 is 0 Å². The molecule has 82 valence electrons. The third-order valence-electron chi connectivity index (χ3n) is 2.45. The summed E-state index contributed by atoms with van der Waals surface area (Å²) in [5.41, 5.74) is 2.53. The third kappa shape index (κ3) is 2.25. The van der Waals surface area contributed by atoms with Gasteiger partial charge < -0.3 is 5.32 Å². The summed E-state index contributed by atoms with van der Waals surface area (Å²) in [6.45, 7) is 4.40. The maximum atomic E-state index is 4.63. The Morgan fingerprint density at radius 3 is 2.80 bits per heavy atom. The van der Waals surface area contributed by atoms with E-state index in [0.717, 1.165) is 29.6 Å². The van der Waals surface area contributed by atoms with Crippen LogP contribution in [0.15, 0.2) is 0 Å². The van der Waals surface area contributed by atoms with Gasteiger partial charge in [-0.15, -0.1) is 0 Å². The second-order valence-corrected chi connectivity index (χ2v) is 5.24. The molecule has 2 rings (SSSR count). The molecule has 0 aliphatic carbocycles. The van der Waals surface area contributed by atoms with E-state index in [4.69, 9.17) is 0 Å². The summed E-state index contributed by atoms with van der Waals surface area (Å²) >= 11 is 1.92. The SMILES string of the molecule is CNc1nc(CC(C)C)nc2c1CSC2. The van der Waals surface area contributed by atoms with Crippen LogP contribution in [0.4, 0.5) is 5.82 Å². The standard InChI is InChI=1S/C11H17N3S/c1-7(2)4-10-13-9-6-15-5-8(9)11(12-3)14-10/h7H,4-6H2,1-3H3,(H,12,13,14). The van der Waals surface area contributed by atoms with E-state index in [1.54, 1.807) is 0 Å². The first-order valence-corrected chi connectivity index (χ1v) is 6.50. The molecule has 0 bridgehead atoms.